The molecule has 0 aliphatic heterocycles. The average molecular weight is 266 g/mol. The molecule has 0 saturated heterocycles. The first-order valence-electron chi connectivity index (χ1n) is 7.00. The molecular weight excluding hydrogens is 240 g/mol. The lowest BCUT2D eigenvalue weighted by Crippen LogP contribution is -2.34. The molecule has 108 valence electrons. The summed E-state index contributed by atoms with van der Waals surface area (Å²) in [6, 6.07) is 7.71. The van der Waals surface area contributed by atoms with Crippen LogP contribution in [0.3, 0.4) is 0 Å². The van der Waals surface area contributed by atoms with Crippen LogP contribution in [-0.4, -0.2) is 51.3 Å². The monoisotopic (exact) mass is 266 g/mol. The standard InChI is InChI=1S/C15H26N2O2/c1-4-16-10-11-17(5-2)12-13-19-15-8-6-14(18-3)7-9-15/h6-9,16H,4-5,10-13H2,1-3H3. The SMILES string of the molecule is CCNCCN(CC)CCOc1ccc(OC)cc1. The molecule has 4 nitrogen and oxygen atoms in total. The van der Waals surface area contributed by atoms with Crippen LogP contribution < -0.4 is 14.8 Å². The van der Waals surface area contributed by atoms with Crippen LogP contribution in [0.15, 0.2) is 24.3 Å². The molecule has 0 aromatic heterocycles. The van der Waals surface area contributed by atoms with Gasteiger partial charge in [0.05, 0.1) is 7.11 Å². The maximum absolute atomic E-state index is 5.73. The summed E-state index contributed by atoms with van der Waals surface area (Å²) in [5.41, 5.74) is 0. The molecule has 4 heteroatoms. The largest absolute Gasteiger partial charge is 0.497 e. The Morgan fingerprint density at radius 2 is 1.74 bits per heavy atom. The molecule has 0 fully saturated rings. The van der Waals surface area contributed by atoms with Gasteiger partial charge in [-0.25, -0.2) is 0 Å². The van der Waals surface area contributed by atoms with Crippen molar-refractivity contribution in [3.05, 3.63) is 24.3 Å². The van der Waals surface area contributed by atoms with Crippen molar-refractivity contribution in [1.82, 2.24) is 10.2 Å². The fourth-order valence-corrected chi connectivity index (χ4v) is 1.81. The van der Waals surface area contributed by atoms with Gasteiger partial charge in [-0.2, -0.15) is 0 Å². The predicted octanol–water partition coefficient (Wildman–Crippen LogP) is 2.01. The van der Waals surface area contributed by atoms with Crippen LogP contribution in [0.25, 0.3) is 0 Å². The lowest BCUT2D eigenvalue weighted by Gasteiger charge is -2.20. The van der Waals surface area contributed by atoms with Crippen LogP contribution in [0.4, 0.5) is 0 Å². The number of rotatable bonds is 10. The third-order valence-electron chi connectivity index (χ3n) is 3.04. The summed E-state index contributed by atoms with van der Waals surface area (Å²) in [6.45, 7) is 10.2. The lowest BCUT2D eigenvalue weighted by atomic mass is 10.3. The van der Waals surface area contributed by atoms with Crippen molar-refractivity contribution >= 4 is 0 Å². The van der Waals surface area contributed by atoms with Crippen LogP contribution >= 0.6 is 0 Å². The molecule has 0 saturated carbocycles. The van der Waals surface area contributed by atoms with Crippen LogP contribution in [0.5, 0.6) is 11.5 Å². The minimum atomic E-state index is 0.715. The topological polar surface area (TPSA) is 33.7 Å². The van der Waals surface area contributed by atoms with Gasteiger partial charge >= 0.3 is 0 Å². The molecule has 1 aromatic rings. The van der Waals surface area contributed by atoms with E-state index in [4.69, 9.17) is 9.47 Å². The summed E-state index contributed by atoms with van der Waals surface area (Å²) in [5, 5.41) is 3.34. The molecule has 19 heavy (non-hydrogen) atoms. The molecule has 1 aromatic carbocycles. The fraction of sp³-hybridized carbons (Fsp3) is 0.600. The molecular formula is C15H26N2O2. The van der Waals surface area contributed by atoms with Crippen LogP contribution in [0, 0.1) is 0 Å². The Morgan fingerprint density at radius 1 is 1.05 bits per heavy atom. The summed E-state index contributed by atoms with van der Waals surface area (Å²) in [6.07, 6.45) is 0. The van der Waals surface area contributed by atoms with E-state index in [-0.39, 0.29) is 0 Å². The quantitative estimate of drug-likeness (QED) is 0.657. The van der Waals surface area contributed by atoms with Crippen LogP contribution in [0.1, 0.15) is 13.8 Å². The van der Waals surface area contributed by atoms with E-state index in [9.17, 15) is 0 Å². The second-order valence-electron chi connectivity index (χ2n) is 4.31. The highest BCUT2D eigenvalue weighted by molar-refractivity contribution is 5.31. The number of hydrogen-bond donors (Lipinski definition) is 1. The molecule has 0 aliphatic carbocycles. The van der Waals surface area contributed by atoms with E-state index in [0.29, 0.717) is 6.61 Å². The highest BCUT2D eigenvalue weighted by Gasteiger charge is 2.02. The Hall–Kier alpha value is -1.26. The van der Waals surface area contributed by atoms with Gasteiger partial charge in [0.2, 0.25) is 0 Å². The summed E-state index contributed by atoms with van der Waals surface area (Å²) in [4.78, 5) is 2.38. The molecule has 0 radical (unpaired) electrons. The van der Waals surface area contributed by atoms with Crippen molar-refractivity contribution in [2.45, 2.75) is 13.8 Å². The fourth-order valence-electron chi connectivity index (χ4n) is 1.81. The smallest absolute Gasteiger partial charge is 0.119 e. The number of likely N-dealkylation sites (N-methyl/N-ethyl adjacent to an activating group) is 2. The van der Waals surface area contributed by atoms with Gasteiger partial charge < -0.3 is 14.8 Å². The number of nitrogens with one attached hydrogen (secondary N) is 1. The Balaban J connectivity index is 2.23. The van der Waals surface area contributed by atoms with E-state index in [1.54, 1.807) is 7.11 Å². The van der Waals surface area contributed by atoms with Gasteiger partial charge in [-0.1, -0.05) is 13.8 Å². The summed E-state index contributed by atoms with van der Waals surface area (Å²) >= 11 is 0. The molecule has 0 unspecified atom stereocenters. The predicted molar refractivity (Wildman–Crippen MR) is 79.1 cm³/mol. The zero-order valence-electron chi connectivity index (χ0n) is 12.3. The van der Waals surface area contributed by atoms with Crippen molar-refractivity contribution in [3.8, 4) is 11.5 Å². The van der Waals surface area contributed by atoms with Gasteiger partial charge in [-0.15, -0.1) is 0 Å². The summed E-state index contributed by atoms with van der Waals surface area (Å²) in [5.74, 6) is 1.75. The Morgan fingerprint density at radius 3 is 2.32 bits per heavy atom. The van der Waals surface area contributed by atoms with Gasteiger partial charge in [-0.3, -0.25) is 4.90 Å². The van der Waals surface area contributed by atoms with E-state index in [2.05, 4.69) is 24.1 Å². The van der Waals surface area contributed by atoms with Gasteiger partial charge in [0.15, 0.2) is 0 Å². The maximum Gasteiger partial charge on any atom is 0.119 e. The molecule has 0 aliphatic rings. The summed E-state index contributed by atoms with van der Waals surface area (Å²) < 4.78 is 10.8. The second kappa shape index (κ2) is 9.64. The molecule has 0 spiro atoms. The number of nitrogens with zero attached hydrogens (tertiary/aromatic N) is 1. The molecule has 0 bridgehead atoms. The zero-order chi connectivity index (χ0) is 13.9. The number of hydrogen-bond acceptors (Lipinski definition) is 4. The van der Waals surface area contributed by atoms with E-state index < -0.39 is 0 Å². The van der Waals surface area contributed by atoms with Crippen LogP contribution in [0.2, 0.25) is 0 Å². The van der Waals surface area contributed by atoms with Gasteiger partial charge in [0, 0.05) is 19.6 Å². The Labute approximate surface area is 116 Å². The Bertz CT molecular complexity index is 327. The highest BCUT2D eigenvalue weighted by Crippen LogP contribution is 2.16. The van der Waals surface area contributed by atoms with Gasteiger partial charge in [-0.05, 0) is 37.4 Å². The molecule has 1 rings (SSSR count). The van der Waals surface area contributed by atoms with E-state index in [1.165, 1.54) is 0 Å². The maximum atomic E-state index is 5.73. The van der Waals surface area contributed by atoms with Crippen molar-refractivity contribution < 1.29 is 9.47 Å². The van der Waals surface area contributed by atoms with Gasteiger partial charge in [0.1, 0.15) is 18.1 Å². The van der Waals surface area contributed by atoms with Crippen molar-refractivity contribution in [1.29, 1.82) is 0 Å². The van der Waals surface area contributed by atoms with Crippen molar-refractivity contribution in [2.24, 2.45) is 0 Å². The highest BCUT2D eigenvalue weighted by atomic mass is 16.5. The third-order valence-corrected chi connectivity index (χ3v) is 3.04. The third kappa shape index (κ3) is 6.45. The number of benzene rings is 1. The first kappa shape index (κ1) is 15.8. The molecule has 0 heterocycles. The normalized spacial score (nSPS) is 10.7. The minimum Gasteiger partial charge on any atom is -0.497 e. The number of ether oxygens (including phenoxy) is 2. The lowest BCUT2D eigenvalue weighted by molar-refractivity contribution is 0.216. The van der Waals surface area contributed by atoms with E-state index in [1.807, 2.05) is 24.3 Å². The minimum absolute atomic E-state index is 0.715. The zero-order valence-corrected chi connectivity index (χ0v) is 12.3. The van der Waals surface area contributed by atoms with Crippen molar-refractivity contribution in [2.75, 3.05) is 46.4 Å². The van der Waals surface area contributed by atoms with Gasteiger partial charge in [0.25, 0.3) is 0 Å². The first-order valence-corrected chi connectivity index (χ1v) is 7.00. The second-order valence-corrected chi connectivity index (χ2v) is 4.31. The molecule has 0 amide bonds. The van der Waals surface area contributed by atoms with Crippen molar-refractivity contribution in [3.63, 3.8) is 0 Å². The first-order chi connectivity index (χ1) is 9.30. The van der Waals surface area contributed by atoms with Crippen LogP contribution in [-0.2, 0) is 0 Å². The summed E-state index contributed by atoms with van der Waals surface area (Å²) in [7, 11) is 1.67. The van der Waals surface area contributed by atoms with E-state index in [0.717, 1.165) is 44.2 Å². The number of methoxy groups -OCH3 is 1. The molecule has 0 atom stereocenters. The molecule has 1 N–H and O–H groups in total. The average Bonchev–Trinajstić information content (AvgIpc) is 2.46. The van der Waals surface area contributed by atoms with E-state index >= 15 is 0 Å². The Kier molecular flexibility index (Phi) is 8.02.